The Kier molecular flexibility index (Phi) is 6.74. The van der Waals surface area contributed by atoms with Crippen LogP contribution in [0.1, 0.15) is 29.8 Å². The molecule has 2 aromatic carbocycles. The molecule has 2 heterocycles. The Morgan fingerprint density at radius 2 is 1.76 bits per heavy atom. The number of rotatable bonds is 6. The Morgan fingerprint density at radius 1 is 1.03 bits per heavy atom. The average Bonchev–Trinajstić information content (AvgIpc) is 2.79. The molecule has 172 valence electrons. The molecule has 0 atom stereocenters. The highest BCUT2D eigenvalue weighted by Gasteiger charge is 2.19. The highest BCUT2D eigenvalue weighted by Crippen LogP contribution is 2.24. The Bertz CT molecular complexity index is 1210. The number of nitrogens with zero attached hydrogens (tertiary/aromatic N) is 2. The van der Waals surface area contributed by atoms with E-state index >= 15 is 0 Å². The number of benzene rings is 2. The number of carbonyl (C=O) groups is 2. The van der Waals surface area contributed by atoms with Crippen molar-refractivity contribution in [1.29, 1.82) is 0 Å². The number of nitrogens with one attached hydrogen (secondary N) is 1. The quantitative estimate of drug-likeness (QED) is 0.451. The van der Waals surface area contributed by atoms with Gasteiger partial charge in [0.15, 0.2) is 5.78 Å². The molecule has 1 aromatic heterocycles. The van der Waals surface area contributed by atoms with Crippen LogP contribution in [-0.2, 0) is 11.3 Å². The molecule has 0 unspecified atom stereocenters. The summed E-state index contributed by atoms with van der Waals surface area (Å²) in [6.45, 7) is 7.60. The van der Waals surface area contributed by atoms with Gasteiger partial charge in [-0.3, -0.25) is 15.0 Å². The first kappa shape index (κ1) is 22.5. The minimum Gasteiger partial charge on any atom is -0.450 e. The lowest BCUT2D eigenvalue weighted by Gasteiger charge is -2.36. The third-order valence-electron chi connectivity index (χ3n) is 5.76. The van der Waals surface area contributed by atoms with E-state index in [4.69, 9.17) is 9.15 Å². The second-order valence-electron chi connectivity index (χ2n) is 8.01. The number of piperazine rings is 1. The minimum absolute atomic E-state index is 0.0646. The molecule has 4 rings (SSSR count). The van der Waals surface area contributed by atoms with E-state index in [0.717, 1.165) is 42.8 Å². The molecule has 1 aliphatic heterocycles. The molecule has 0 bridgehead atoms. The van der Waals surface area contributed by atoms with E-state index in [2.05, 4.69) is 15.1 Å². The summed E-state index contributed by atoms with van der Waals surface area (Å²) in [6.07, 6.45) is -0.552. The van der Waals surface area contributed by atoms with E-state index < -0.39 is 11.7 Å². The normalized spacial score (nSPS) is 14.3. The van der Waals surface area contributed by atoms with Gasteiger partial charge in [-0.25, -0.2) is 9.59 Å². The van der Waals surface area contributed by atoms with E-state index in [-0.39, 0.29) is 12.4 Å². The lowest BCUT2D eigenvalue weighted by atomic mass is 10.1. The highest BCUT2D eigenvalue weighted by molar-refractivity contribution is 5.94. The second kappa shape index (κ2) is 9.87. The monoisotopic (exact) mass is 449 g/mol. The Hall–Kier alpha value is -3.65. The van der Waals surface area contributed by atoms with Gasteiger partial charge in [0.1, 0.15) is 5.58 Å². The summed E-state index contributed by atoms with van der Waals surface area (Å²) in [7, 11) is 0. The van der Waals surface area contributed by atoms with Gasteiger partial charge in [0.2, 0.25) is 0 Å². The molecule has 33 heavy (non-hydrogen) atoms. The second-order valence-corrected chi connectivity index (χ2v) is 8.01. The molecule has 0 radical (unpaired) electrons. The number of amides is 1. The van der Waals surface area contributed by atoms with Crippen LogP contribution in [0.5, 0.6) is 0 Å². The summed E-state index contributed by atoms with van der Waals surface area (Å²) in [4.78, 5) is 39.9. The first-order valence-electron chi connectivity index (χ1n) is 11.0. The fraction of sp³-hybridized carbons (Fsp3) is 0.320. The molecule has 0 aliphatic carbocycles. The van der Waals surface area contributed by atoms with Crippen LogP contribution in [0.4, 0.5) is 16.2 Å². The van der Waals surface area contributed by atoms with Gasteiger partial charge in [0.05, 0.1) is 6.61 Å². The summed E-state index contributed by atoms with van der Waals surface area (Å²) in [6, 6.07) is 14.5. The number of ketones is 1. The van der Waals surface area contributed by atoms with Crippen molar-refractivity contribution in [2.75, 3.05) is 43.0 Å². The highest BCUT2D eigenvalue weighted by atomic mass is 16.5. The van der Waals surface area contributed by atoms with E-state index in [1.807, 2.05) is 30.3 Å². The van der Waals surface area contributed by atoms with Crippen molar-refractivity contribution in [2.24, 2.45) is 0 Å². The minimum atomic E-state index is -0.552. The van der Waals surface area contributed by atoms with Crippen LogP contribution in [0.15, 0.2) is 57.7 Å². The number of hydrogen-bond donors (Lipinski definition) is 1. The van der Waals surface area contributed by atoms with Crippen molar-refractivity contribution < 1.29 is 18.7 Å². The van der Waals surface area contributed by atoms with Gasteiger partial charge < -0.3 is 14.1 Å². The molecular formula is C25H27N3O5. The summed E-state index contributed by atoms with van der Waals surface area (Å²) in [5, 5.41) is 3.47. The first-order valence-corrected chi connectivity index (χ1v) is 11.0. The zero-order valence-corrected chi connectivity index (χ0v) is 18.8. The predicted molar refractivity (Wildman–Crippen MR) is 127 cm³/mol. The largest absolute Gasteiger partial charge is 0.450 e. The van der Waals surface area contributed by atoms with Crippen LogP contribution in [0.3, 0.4) is 0 Å². The molecule has 0 spiro atoms. The van der Waals surface area contributed by atoms with Crippen molar-refractivity contribution >= 4 is 34.2 Å². The average molecular weight is 450 g/mol. The summed E-state index contributed by atoms with van der Waals surface area (Å²) < 4.78 is 10.3. The number of carbonyl (C=O) groups excluding carboxylic acids is 2. The fourth-order valence-corrected chi connectivity index (χ4v) is 4.04. The van der Waals surface area contributed by atoms with Gasteiger partial charge >= 0.3 is 11.7 Å². The summed E-state index contributed by atoms with van der Waals surface area (Å²) in [5.74, 6) is 0.0646. The zero-order chi connectivity index (χ0) is 23.4. The molecule has 8 heteroatoms. The van der Waals surface area contributed by atoms with Crippen LogP contribution < -0.4 is 15.8 Å². The number of ether oxygens (including phenoxy) is 1. The molecule has 1 fully saturated rings. The third-order valence-corrected chi connectivity index (χ3v) is 5.76. The number of Topliss-reactive ketones (excluding diaryl/α,β-unsaturated/α-hetero) is 1. The summed E-state index contributed by atoms with van der Waals surface area (Å²) >= 11 is 0. The van der Waals surface area contributed by atoms with Crippen LogP contribution in [0, 0.1) is 0 Å². The van der Waals surface area contributed by atoms with Crippen LogP contribution in [0.2, 0.25) is 0 Å². The van der Waals surface area contributed by atoms with Crippen molar-refractivity contribution in [2.45, 2.75) is 20.4 Å². The maximum atomic E-state index is 12.2. The third kappa shape index (κ3) is 5.40. The molecule has 1 amide bonds. The smallest absolute Gasteiger partial charge is 0.411 e. The van der Waals surface area contributed by atoms with Crippen molar-refractivity contribution in [3.63, 3.8) is 0 Å². The standard InChI is InChI=1S/C25H27N3O5/c1-3-32-25(31)26-20-6-9-22-19(14-24(30)33-23(22)15-20)16-27-10-12-28(13-11-27)21-7-4-18(5-8-21)17(2)29/h4-9,14-15H,3,10-13,16H2,1-2H3,(H,26,31). The first-order chi connectivity index (χ1) is 15.9. The van der Waals surface area contributed by atoms with Gasteiger partial charge in [-0.05, 0) is 55.8 Å². The lowest BCUT2D eigenvalue weighted by molar-refractivity contribution is 0.101. The van der Waals surface area contributed by atoms with Gasteiger partial charge in [0.25, 0.3) is 0 Å². The predicted octanol–water partition coefficient (Wildman–Crippen LogP) is 3.89. The maximum Gasteiger partial charge on any atom is 0.411 e. The molecule has 1 N–H and O–H groups in total. The van der Waals surface area contributed by atoms with Gasteiger partial charge in [-0.1, -0.05) is 0 Å². The molecule has 0 saturated carbocycles. The van der Waals surface area contributed by atoms with Crippen molar-refractivity contribution in [3.05, 3.63) is 70.1 Å². The molecular weight excluding hydrogens is 422 g/mol. The number of hydrogen-bond acceptors (Lipinski definition) is 7. The Labute approximate surface area is 191 Å². The maximum absolute atomic E-state index is 12.2. The Morgan fingerprint density at radius 3 is 2.42 bits per heavy atom. The number of anilines is 2. The van der Waals surface area contributed by atoms with Crippen molar-refractivity contribution in [1.82, 2.24) is 4.90 Å². The fourth-order valence-electron chi connectivity index (χ4n) is 4.04. The zero-order valence-electron chi connectivity index (χ0n) is 18.8. The summed E-state index contributed by atoms with van der Waals surface area (Å²) in [5.41, 5.74) is 3.22. The van der Waals surface area contributed by atoms with E-state index in [9.17, 15) is 14.4 Å². The van der Waals surface area contributed by atoms with E-state index in [1.54, 1.807) is 26.0 Å². The van der Waals surface area contributed by atoms with Gasteiger partial charge in [0, 0.05) is 67.2 Å². The van der Waals surface area contributed by atoms with E-state index in [1.165, 1.54) is 6.07 Å². The number of fused-ring (bicyclic) bond motifs is 1. The van der Waals surface area contributed by atoms with Gasteiger partial charge in [-0.2, -0.15) is 0 Å². The topological polar surface area (TPSA) is 92.1 Å². The molecule has 8 nitrogen and oxygen atoms in total. The molecule has 1 aliphatic rings. The van der Waals surface area contributed by atoms with Crippen molar-refractivity contribution in [3.8, 4) is 0 Å². The SMILES string of the molecule is CCOC(=O)Nc1ccc2c(CN3CCN(c4ccc(C(C)=O)cc4)CC3)cc(=O)oc2c1. The Balaban J connectivity index is 1.44. The van der Waals surface area contributed by atoms with E-state index in [0.29, 0.717) is 23.4 Å². The molecule has 3 aromatic rings. The van der Waals surface area contributed by atoms with Gasteiger partial charge in [-0.15, -0.1) is 0 Å². The van der Waals surface area contributed by atoms with Crippen LogP contribution in [0.25, 0.3) is 11.0 Å². The van der Waals surface area contributed by atoms with Crippen LogP contribution in [-0.4, -0.2) is 49.6 Å². The van der Waals surface area contributed by atoms with Crippen LogP contribution >= 0.6 is 0 Å². The molecule has 1 saturated heterocycles. The lowest BCUT2D eigenvalue weighted by Crippen LogP contribution is -2.46.